The highest BCUT2D eigenvalue weighted by Gasteiger charge is 2.15. The van der Waals surface area contributed by atoms with E-state index in [0.29, 0.717) is 11.4 Å². The van der Waals surface area contributed by atoms with Crippen LogP contribution in [0.5, 0.6) is 0 Å². The zero-order valence-electron chi connectivity index (χ0n) is 21.4. The van der Waals surface area contributed by atoms with Crippen LogP contribution in [-0.4, -0.2) is 15.8 Å². The fourth-order valence-electron chi connectivity index (χ4n) is 5.62. The van der Waals surface area contributed by atoms with Crippen LogP contribution in [0.4, 0.5) is 0 Å². The van der Waals surface area contributed by atoms with Crippen LogP contribution in [0.1, 0.15) is 17.3 Å². The van der Waals surface area contributed by atoms with E-state index in [2.05, 4.69) is 94.9 Å². The van der Waals surface area contributed by atoms with Gasteiger partial charge in [-0.2, -0.15) is 0 Å². The van der Waals surface area contributed by atoms with Crippen LogP contribution in [0.15, 0.2) is 128 Å². The smallest absolute Gasteiger partial charge is 0.159 e. The second-order valence-corrected chi connectivity index (χ2v) is 9.82. The van der Waals surface area contributed by atoms with Gasteiger partial charge in [-0.3, -0.25) is 4.79 Å². The summed E-state index contributed by atoms with van der Waals surface area (Å²) in [6.45, 7) is 1.63. The highest BCUT2D eigenvalue weighted by Crippen LogP contribution is 2.39. The molecule has 39 heavy (non-hydrogen) atoms. The quantitative estimate of drug-likeness (QED) is 0.179. The molecule has 3 nitrogen and oxygen atoms in total. The predicted molar refractivity (Wildman–Crippen MR) is 161 cm³/mol. The lowest BCUT2D eigenvalue weighted by Crippen LogP contribution is -1.96. The standard InChI is InChI=1S/C36H24N2O/c1-23(39)25-19-26(29-15-16-34(36-37-17-8-18-38-36)32-13-6-4-12-31(29)32)21-27(20-25)35-22-24-9-2-3-10-28(24)30-11-5-7-14-33(30)35/h2-22H,1H3. The van der Waals surface area contributed by atoms with Crippen molar-refractivity contribution in [2.75, 3.05) is 0 Å². The molecular formula is C36H24N2O. The van der Waals surface area contributed by atoms with E-state index in [0.717, 1.165) is 38.6 Å². The number of ketones is 1. The molecule has 0 unspecified atom stereocenters. The Bertz CT molecular complexity index is 2040. The molecule has 6 aromatic carbocycles. The van der Waals surface area contributed by atoms with Crippen LogP contribution in [-0.2, 0) is 0 Å². The van der Waals surface area contributed by atoms with Crippen molar-refractivity contribution >= 4 is 38.1 Å². The Balaban J connectivity index is 1.50. The fraction of sp³-hybridized carbons (Fsp3) is 0.0278. The van der Waals surface area contributed by atoms with Gasteiger partial charge in [0.25, 0.3) is 0 Å². The van der Waals surface area contributed by atoms with Crippen LogP contribution in [0, 0.1) is 0 Å². The zero-order valence-corrected chi connectivity index (χ0v) is 21.4. The van der Waals surface area contributed by atoms with Gasteiger partial charge in [0.15, 0.2) is 11.6 Å². The lowest BCUT2D eigenvalue weighted by atomic mass is 9.88. The molecule has 0 aliphatic rings. The van der Waals surface area contributed by atoms with E-state index in [9.17, 15) is 4.79 Å². The molecular weight excluding hydrogens is 476 g/mol. The van der Waals surface area contributed by atoms with Gasteiger partial charge in [0.05, 0.1) is 0 Å². The Kier molecular flexibility index (Phi) is 5.49. The number of rotatable bonds is 4. The normalized spacial score (nSPS) is 11.3. The molecule has 0 bridgehead atoms. The minimum atomic E-state index is 0.0433. The Morgan fingerprint density at radius 1 is 0.513 bits per heavy atom. The van der Waals surface area contributed by atoms with Crippen molar-refractivity contribution in [1.29, 1.82) is 0 Å². The first-order chi connectivity index (χ1) is 19.2. The summed E-state index contributed by atoms with van der Waals surface area (Å²) in [5, 5.41) is 6.95. The molecule has 0 saturated heterocycles. The van der Waals surface area contributed by atoms with E-state index < -0.39 is 0 Å². The first-order valence-electron chi connectivity index (χ1n) is 13.0. The molecule has 1 heterocycles. The number of fused-ring (bicyclic) bond motifs is 4. The van der Waals surface area contributed by atoms with Crippen molar-refractivity contribution in [3.05, 3.63) is 133 Å². The van der Waals surface area contributed by atoms with Crippen molar-refractivity contribution in [3.8, 4) is 33.6 Å². The summed E-state index contributed by atoms with van der Waals surface area (Å²) in [7, 11) is 0. The summed E-state index contributed by atoms with van der Waals surface area (Å²) in [4.78, 5) is 21.8. The van der Waals surface area contributed by atoms with E-state index in [1.807, 2.05) is 30.3 Å². The number of aromatic nitrogens is 2. The summed E-state index contributed by atoms with van der Waals surface area (Å²) in [6.07, 6.45) is 3.53. The molecule has 0 radical (unpaired) electrons. The predicted octanol–water partition coefficient (Wildman–Crippen LogP) is 9.14. The highest BCUT2D eigenvalue weighted by molar-refractivity contribution is 6.14. The monoisotopic (exact) mass is 500 g/mol. The Morgan fingerprint density at radius 3 is 1.74 bits per heavy atom. The van der Waals surface area contributed by atoms with Crippen LogP contribution in [0.2, 0.25) is 0 Å². The number of hydrogen-bond donors (Lipinski definition) is 0. The van der Waals surface area contributed by atoms with Gasteiger partial charge in [0, 0.05) is 23.5 Å². The Morgan fingerprint density at radius 2 is 1.05 bits per heavy atom. The number of benzene rings is 6. The molecule has 0 spiro atoms. The van der Waals surface area contributed by atoms with Gasteiger partial charge in [-0.1, -0.05) is 78.9 Å². The maximum atomic E-state index is 12.8. The van der Waals surface area contributed by atoms with Crippen molar-refractivity contribution in [2.24, 2.45) is 0 Å². The minimum absolute atomic E-state index is 0.0433. The van der Waals surface area contributed by atoms with E-state index in [-0.39, 0.29) is 5.78 Å². The second kappa shape index (κ2) is 9.30. The summed E-state index contributed by atoms with van der Waals surface area (Å²) in [5.41, 5.74) is 5.90. The number of carbonyl (C=O) groups is 1. The van der Waals surface area contributed by atoms with Crippen LogP contribution >= 0.6 is 0 Å². The zero-order chi connectivity index (χ0) is 26.3. The lowest BCUT2D eigenvalue weighted by molar-refractivity contribution is 0.101. The molecule has 0 amide bonds. The number of hydrogen-bond acceptors (Lipinski definition) is 3. The van der Waals surface area contributed by atoms with Gasteiger partial charge >= 0.3 is 0 Å². The van der Waals surface area contributed by atoms with Crippen LogP contribution < -0.4 is 0 Å². The van der Waals surface area contributed by atoms with Crippen molar-refractivity contribution in [3.63, 3.8) is 0 Å². The summed E-state index contributed by atoms with van der Waals surface area (Å²) < 4.78 is 0. The molecule has 184 valence electrons. The number of nitrogens with zero attached hydrogens (tertiary/aromatic N) is 2. The third kappa shape index (κ3) is 3.96. The highest BCUT2D eigenvalue weighted by atomic mass is 16.1. The van der Waals surface area contributed by atoms with E-state index in [1.54, 1.807) is 19.3 Å². The summed E-state index contributed by atoms with van der Waals surface area (Å²) in [6, 6.07) is 39.8. The largest absolute Gasteiger partial charge is 0.295 e. The molecule has 0 aliphatic heterocycles. The van der Waals surface area contributed by atoms with Crippen molar-refractivity contribution in [2.45, 2.75) is 6.92 Å². The molecule has 0 N–H and O–H groups in total. The number of carbonyl (C=O) groups excluding carboxylic acids is 1. The summed E-state index contributed by atoms with van der Waals surface area (Å²) in [5.74, 6) is 0.739. The average molecular weight is 501 g/mol. The van der Waals surface area contributed by atoms with Gasteiger partial charge in [0.1, 0.15) is 0 Å². The molecule has 0 atom stereocenters. The van der Waals surface area contributed by atoms with Crippen molar-refractivity contribution < 1.29 is 4.79 Å². The molecule has 0 saturated carbocycles. The van der Waals surface area contributed by atoms with Gasteiger partial charge in [0.2, 0.25) is 0 Å². The van der Waals surface area contributed by atoms with Crippen LogP contribution in [0.25, 0.3) is 66.0 Å². The third-order valence-corrected chi connectivity index (χ3v) is 7.46. The third-order valence-electron chi connectivity index (χ3n) is 7.46. The van der Waals surface area contributed by atoms with E-state index >= 15 is 0 Å². The van der Waals surface area contributed by atoms with E-state index in [4.69, 9.17) is 0 Å². The van der Waals surface area contributed by atoms with Gasteiger partial charge in [-0.25, -0.2) is 9.97 Å². The molecule has 0 fully saturated rings. The second-order valence-electron chi connectivity index (χ2n) is 9.82. The summed E-state index contributed by atoms with van der Waals surface area (Å²) >= 11 is 0. The van der Waals surface area contributed by atoms with Crippen molar-refractivity contribution in [1.82, 2.24) is 9.97 Å². The fourth-order valence-corrected chi connectivity index (χ4v) is 5.62. The maximum Gasteiger partial charge on any atom is 0.159 e. The lowest BCUT2D eigenvalue weighted by Gasteiger charge is -2.15. The Labute approximate surface area is 226 Å². The molecule has 7 rings (SSSR count). The molecule has 3 heteroatoms. The molecule has 1 aromatic heterocycles. The van der Waals surface area contributed by atoms with Gasteiger partial charge in [-0.05, 0) is 97.9 Å². The Hall–Kier alpha value is -5.15. The topological polar surface area (TPSA) is 42.9 Å². The van der Waals surface area contributed by atoms with Crippen LogP contribution in [0.3, 0.4) is 0 Å². The first kappa shape index (κ1) is 23.0. The average Bonchev–Trinajstić information content (AvgIpc) is 3.00. The van der Waals surface area contributed by atoms with E-state index in [1.165, 1.54) is 21.5 Å². The minimum Gasteiger partial charge on any atom is -0.295 e. The number of Topliss-reactive ketones (excluding diaryl/α,β-unsaturated/α-hetero) is 1. The SMILES string of the molecule is CC(=O)c1cc(-c2ccc(-c3ncccn3)c3ccccc23)cc(-c2cc3ccccc3c3ccccc23)c1. The first-order valence-corrected chi connectivity index (χ1v) is 13.0. The van der Waals surface area contributed by atoms with Gasteiger partial charge in [-0.15, -0.1) is 0 Å². The van der Waals surface area contributed by atoms with Gasteiger partial charge < -0.3 is 0 Å². The maximum absolute atomic E-state index is 12.8. The molecule has 0 aliphatic carbocycles. The molecule has 7 aromatic rings.